The predicted molar refractivity (Wildman–Crippen MR) is 86.5 cm³/mol. The van der Waals surface area contributed by atoms with Crippen molar-refractivity contribution in [3.05, 3.63) is 11.3 Å². The van der Waals surface area contributed by atoms with E-state index in [0.717, 1.165) is 43.4 Å². The van der Waals surface area contributed by atoms with Crippen molar-refractivity contribution >= 4 is 29.2 Å². The molecule has 120 valence electrons. The monoisotopic (exact) mass is 333 g/mol. The molecule has 5 heteroatoms. The fraction of sp³-hybridized carbons (Fsp3) is 0.812. The number of allylic oxidation sites excluding steroid dienone is 1. The molecule has 0 spiro atoms. The van der Waals surface area contributed by atoms with E-state index in [-0.39, 0.29) is 18.1 Å². The normalized spacial score (nSPS) is 26.1. The molecule has 1 atom stereocenters. The average Bonchev–Trinajstić information content (AvgIpc) is 2.59. The van der Waals surface area contributed by atoms with Crippen LogP contribution in [0.2, 0.25) is 0 Å². The minimum Gasteiger partial charge on any atom is -0.429 e. The Labute approximate surface area is 137 Å². The number of esters is 1. The summed E-state index contributed by atoms with van der Waals surface area (Å²) in [6, 6.07) is 0.194. The van der Waals surface area contributed by atoms with Crippen LogP contribution in [0.5, 0.6) is 0 Å². The van der Waals surface area contributed by atoms with Crippen molar-refractivity contribution in [1.82, 2.24) is 4.90 Å². The van der Waals surface area contributed by atoms with E-state index < -0.39 is 10.3 Å². The topological polar surface area (TPSA) is 29.5 Å². The van der Waals surface area contributed by atoms with Crippen LogP contribution in [0, 0.1) is 0 Å². The first kappa shape index (κ1) is 17.1. The Morgan fingerprint density at radius 3 is 2.24 bits per heavy atom. The number of ether oxygens (including phenoxy) is 1. The Kier molecular flexibility index (Phi) is 5.27. The van der Waals surface area contributed by atoms with Gasteiger partial charge in [-0.25, -0.2) is 4.79 Å². The van der Waals surface area contributed by atoms with Gasteiger partial charge in [0.15, 0.2) is 0 Å². The van der Waals surface area contributed by atoms with Crippen LogP contribution in [0.25, 0.3) is 0 Å². The van der Waals surface area contributed by atoms with Crippen molar-refractivity contribution in [3.63, 3.8) is 0 Å². The maximum atomic E-state index is 12.3. The van der Waals surface area contributed by atoms with Gasteiger partial charge in [0, 0.05) is 18.5 Å². The Bertz CT molecular complexity index is 436. The van der Waals surface area contributed by atoms with Crippen LogP contribution in [0.4, 0.5) is 0 Å². The molecule has 0 aromatic rings. The summed E-state index contributed by atoms with van der Waals surface area (Å²) in [6.07, 6.45) is 5.02. The van der Waals surface area contributed by atoms with Crippen molar-refractivity contribution in [2.24, 2.45) is 0 Å². The second-order valence-corrected chi connectivity index (χ2v) is 7.94. The lowest BCUT2D eigenvalue weighted by atomic mass is 9.92. The van der Waals surface area contributed by atoms with E-state index in [1.807, 2.05) is 0 Å². The zero-order valence-corrected chi connectivity index (χ0v) is 14.8. The summed E-state index contributed by atoms with van der Waals surface area (Å²) in [5.74, 6) is 0.286. The van der Waals surface area contributed by atoms with Gasteiger partial charge in [-0.1, -0.05) is 29.6 Å². The third-order valence-corrected chi connectivity index (χ3v) is 5.08. The molecule has 1 aliphatic carbocycles. The first-order chi connectivity index (χ1) is 9.76. The van der Waals surface area contributed by atoms with Crippen LogP contribution in [-0.4, -0.2) is 33.3 Å². The second kappa shape index (κ2) is 6.47. The minimum atomic E-state index is -1.53. The van der Waals surface area contributed by atoms with Crippen LogP contribution >= 0.6 is 23.2 Å². The third-order valence-electron chi connectivity index (χ3n) is 4.36. The quantitative estimate of drug-likeness (QED) is 0.565. The summed E-state index contributed by atoms with van der Waals surface area (Å²) in [5.41, 5.74) is 1.12. The van der Waals surface area contributed by atoms with Gasteiger partial charge in [0.25, 0.3) is 0 Å². The number of rotatable bonds is 3. The van der Waals surface area contributed by atoms with Gasteiger partial charge in [-0.2, -0.15) is 0 Å². The summed E-state index contributed by atoms with van der Waals surface area (Å²) in [7, 11) is 0. The molecule has 0 aromatic carbocycles. The summed E-state index contributed by atoms with van der Waals surface area (Å²) in [6.45, 7) is 8.45. The van der Waals surface area contributed by atoms with Crippen molar-refractivity contribution in [2.75, 3.05) is 0 Å². The fourth-order valence-electron chi connectivity index (χ4n) is 3.55. The summed E-state index contributed by atoms with van der Waals surface area (Å²) < 4.78 is 3.95. The van der Waals surface area contributed by atoms with E-state index in [2.05, 4.69) is 32.6 Å². The highest BCUT2D eigenvalue weighted by molar-refractivity contribution is 6.58. The molecule has 0 N–H and O–H groups in total. The van der Waals surface area contributed by atoms with Gasteiger partial charge in [-0.3, -0.25) is 4.90 Å². The molecule has 3 nitrogen and oxygen atoms in total. The lowest BCUT2D eigenvalue weighted by Crippen LogP contribution is -2.59. The molecule has 2 rings (SSSR count). The van der Waals surface area contributed by atoms with Crippen LogP contribution in [0.1, 0.15) is 59.8 Å². The standard InChI is InChI=1S/C16H25Cl2NO2/c1-10(2)19(11(3)4)14-12-8-6-5-7-9-13(12)21-15(20)16(14,17)18/h10-11,14H,5-9H2,1-4H3. The Hall–Kier alpha value is -0.250. The van der Waals surface area contributed by atoms with Gasteiger partial charge >= 0.3 is 5.97 Å². The molecular weight excluding hydrogens is 309 g/mol. The van der Waals surface area contributed by atoms with E-state index in [0.29, 0.717) is 0 Å². The smallest absolute Gasteiger partial charge is 0.349 e. The number of alkyl halides is 2. The van der Waals surface area contributed by atoms with Gasteiger partial charge in [-0.05, 0) is 52.5 Å². The molecule has 1 aliphatic heterocycles. The fourth-order valence-corrected chi connectivity index (χ4v) is 4.12. The highest BCUT2D eigenvalue weighted by Crippen LogP contribution is 2.45. The first-order valence-corrected chi connectivity index (χ1v) is 8.61. The van der Waals surface area contributed by atoms with E-state index in [1.165, 1.54) is 0 Å². The molecule has 21 heavy (non-hydrogen) atoms. The van der Waals surface area contributed by atoms with E-state index in [4.69, 9.17) is 27.9 Å². The summed E-state index contributed by atoms with van der Waals surface area (Å²) in [4.78, 5) is 14.5. The molecule has 0 saturated carbocycles. The number of hydrogen-bond donors (Lipinski definition) is 0. The summed E-state index contributed by atoms with van der Waals surface area (Å²) >= 11 is 12.9. The molecule has 0 amide bonds. The highest BCUT2D eigenvalue weighted by Gasteiger charge is 2.53. The van der Waals surface area contributed by atoms with Gasteiger partial charge in [0.1, 0.15) is 5.76 Å². The Balaban J connectivity index is 2.51. The lowest BCUT2D eigenvalue weighted by Gasteiger charge is -2.46. The van der Waals surface area contributed by atoms with Gasteiger partial charge < -0.3 is 4.74 Å². The maximum Gasteiger partial charge on any atom is 0.349 e. The molecule has 2 aliphatic rings. The maximum absolute atomic E-state index is 12.3. The molecule has 1 unspecified atom stereocenters. The highest BCUT2D eigenvalue weighted by atomic mass is 35.5. The average molecular weight is 334 g/mol. The Morgan fingerprint density at radius 1 is 1.10 bits per heavy atom. The second-order valence-electron chi connectivity index (χ2n) is 6.56. The number of hydrogen-bond acceptors (Lipinski definition) is 3. The molecule has 0 radical (unpaired) electrons. The summed E-state index contributed by atoms with van der Waals surface area (Å²) in [5, 5.41) is 0. The first-order valence-electron chi connectivity index (χ1n) is 7.86. The lowest BCUT2D eigenvalue weighted by molar-refractivity contribution is -0.144. The molecule has 0 fully saturated rings. The van der Waals surface area contributed by atoms with Crippen LogP contribution < -0.4 is 0 Å². The van der Waals surface area contributed by atoms with Crippen molar-refractivity contribution in [3.8, 4) is 0 Å². The minimum absolute atomic E-state index is 0.245. The van der Waals surface area contributed by atoms with Crippen molar-refractivity contribution < 1.29 is 9.53 Å². The van der Waals surface area contributed by atoms with Gasteiger partial charge in [0.05, 0.1) is 6.04 Å². The van der Waals surface area contributed by atoms with Crippen LogP contribution in [0.3, 0.4) is 0 Å². The molecule has 0 bridgehead atoms. The van der Waals surface area contributed by atoms with E-state index in [9.17, 15) is 4.79 Å². The number of nitrogens with zero attached hydrogens (tertiary/aromatic N) is 1. The molecule has 0 saturated heterocycles. The number of carbonyl (C=O) groups excluding carboxylic acids is 1. The van der Waals surface area contributed by atoms with Crippen molar-refractivity contribution in [2.45, 2.75) is 82.3 Å². The zero-order valence-electron chi connectivity index (χ0n) is 13.3. The molecular formula is C16H25Cl2NO2. The molecule has 0 aromatic heterocycles. The third kappa shape index (κ3) is 3.25. The number of halogens is 2. The SMILES string of the molecule is CC(C)N(C(C)C)C1C2=C(CCCCC2)OC(=O)C1(Cl)Cl. The van der Waals surface area contributed by atoms with Crippen LogP contribution in [0.15, 0.2) is 11.3 Å². The predicted octanol–water partition coefficient (Wildman–Crippen LogP) is 4.42. The van der Waals surface area contributed by atoms with Crippen LogP contribution in [-0.2, 0) is 9.53 Å². The number of carbonyl (C=O) groups is 1. The van der Waals surface area contributed by atoms with E-state index in [1.54, 1.807) is 0 Å². The van der Waals surface area contributed by atoms with E-state index >= 15 is 0 Å². The van der Waals surface area contributed by atoms with Gasteiger partial charge in [-0.15, -0.1) is 0 Å². The zero-order chi connectivity index (χ0) is 15.8. The van der Waals surface area contributed by atoms with Crippen molar-refractivity contribution in [1.29, 1.82) is 0 Å². The Morgan fingerprint density at radius 2 is 1.67 bits per heavy atom. The molecule has 1 heterocycles. The largest absolute Gasteiger partial charge is 0.429 e. The van der Waals surface area contributed by atoms with Gasteiger partial charge in [0.2, 0.25) is 4.33 Å².